The summed E-state index contributed by atoms with van der Waals surface area (Å²) in [5, 5.41) is 0. The average molecular weight is 266 g/mol. The number of sulfone groups is 1. The molecule has 0 amide bonds. The first-order valence-corrected chi connectivity index (χ1v) is 8.41. The molecule has 0 aromatic rings. The summed E-state index contributed by atoms with van der Waals surface area (Å²) in [6.07, 6.45) is 3.81. The molecule has 0 N–H and O–H groups in total. The fourth-order valence-electron chi connectivity index (χ4n) is 1.43. The molecule has 0 unspecified atom stereocenters. The third kappa shape index (κ3) is 5.21. The lowest BCUT2D eigenvalue weighted by molar-refractivity contribution is -0.141. The summed E-state index contributed by atoms with van der Waals surface area (Å²) in [7, 11) is -1.46. The lowest BCUT2D eigenvalue weighted by Crippen LogP contribution is -2.14. The molecule has 1 saturated carbocycles. The minimum Gasteiger partial charge on any atom is -0.469 e. The molecule has 1 rings (SSSR count). The van der Waals surface area contributed by atoms with Crippen molar-refractivity contribution in [1.29, 1.82) is 0 Å². The highest BCUT2D eigenvalue weighted by atomic mass is 32.2. The van der Waals surface area contributed by atoms with Crippen molar-refractivity contribution in [3.63, 3.8) is 0 Å². The Morgan fingerprint density at radius 3 is 2.50 bits per heavy atom. The van der Waals surface area contributed by atoms with Gasteiger partial charge in [-0.15, -0.1) is 0 Å². The minimum atomic E-state index is -2.86. The van der Waals surface area contributed by atoms with E-state index in [1.54, 1.807) is 11.8 Å². The summed E-state index contributed by atoms with van der Waals surface area (Å²) in [6, 6.07) is 0. The fraction of sp³-hybridized carbons (Fsp3) is 0.900. The van der Waals surface area contributed by atoms with E-state index in [4.69, 9.17) is 0 Å². The van der Waals surface area contributed by atoms with Crippen molar-refractivity contribution in [2.45, 2.75) is 19.3 Å². The Kier molecular flexibility index (Phi) is 4.67. The van der Waals surface area contributed by atoms with Gasteiger partial charge in [-0.3, -0.25) is 4.79 Å². The largest absolute Gasteiger partial charge is 0.469 e. The van der Waals surface area contributed by atoms with Crippen LogP contribution in [0.4, 0.5) is 0 Å². The van der Waals surface area contributed by atoms with Gasteiger partial charge in [0.25, 0.3) is 0 Å². The van der Waals surface area contributed by atoms with E-state index in [9.17, 15) is 13.2 Å². The van der Waals surface area contributed by atoms with E-state index in [1.807, 2.05) is 0 Å². The Bertz CT molecular complexity index is 344. The van der Waals surface area contributed by atoms with Gasteiger partial charge in [0.2, 0.25) is 0 Å². The van der Waals surface area contributed by atoms with E-state index in [0.29, 0.717) is 12.2 Å². The maximum Gasteiger partial charge on any atom is 0.306 e. The van der Waals surface area contributed by atoms with Gasteiger partial charge in [-0.05, 0) is 24.0 Å². The van der Waals surface area contributed by atoms with E-state index in [1.165, 1.54) is 13.4 Å². The van der Waals surface area contributed by atoms with Crippen LogP contribution in [0.2, 0.25) is 0 Å². The van der Waals surface area contributed by atoms with E-state index in [0.717, 1.165) is 18.6 Å². The van der Waals surface area contributed by atoms with Crippen LogP contribution in [0.25, 0.3) is 0 Å². The third-order valence-electron chi connectivity index (χ3n) is 2.71. The molecule has 16 heavy (non-hydrogen) atoms. The van der Waals surface area contributed by atoms with Crippen LogP contribution >= 0.6 is 11.8 Å². The number of carbonyl (C=O) groups excluding carboxylic acids is 1. The molecule has 1 aliphatic carbocycles. The normalized spacial score (nSPS) is 18.1. The van der Waals surface area contributed by atoms with Crippen LogP contribution in [-0.4, -0.2) is 45.0 Å². The maximum absolute atomic E-state index is 11.1. The minimum absolute atomic E-state index is 0.0925. The molecule has 0 atom stereocenters. The summed E-state index contributed by atoms with van der Waals surface area (Å²) in [5.74, 6) is 1.52. The first-order valence-electron chi connectivity index (χ1n) is 5.19. The van der Waals surface area contributed by atoms with Crippen LogP contribution in [0.5, 0.6) is 0 Å². The van der Waals surface area contributed by atoms with Crippen molar-refractivity contribution < 1.29 is 17.9 Å². The SMILES string of the molecule is COC(=O)CC1(CSCCS(C)(=O)=O)CC1. The molecular weight excluding hydrogens is 248 g/mol. The van der Waals surface area contributed by atoms with Crippen molar-refractivity contribution in [2.75, 3.05) is 30.6 Å². The van der Waals surface area contributed by atoms with Crippen LogP contribution in [0.15, 0.2) is 0 Å². The number of hydrogen-bond acceptors (Lipinski definition) is 5. The van der Waals surface area contributed by atoms with Gasteiger partial charge in [-0.25, -0.2) is 8.42 Å². The van der Waals surface area contributed by atoms with Gasteiger partial charge in [-0.1, -0.05) is 0 Å². The van der Waals surface area contributed by atoms with Crippen molar-refractivity contribution in [3.8, 4) is 0 Å². The highest BCUT2D eigenvalue weighted by Gasteiger charge is 2.44. The standard InChI is InChI=1S/C10H18O4S2/c1-14-9(11)7-10(3-4-10)8-15-5-6-16(2,12)13/h3-8H2,1-2H3. The van der Waals surface area contributed by atoms with Gasteiger partial charge in [0.05, 0.1) is 19.3 Å². The van der Waals surface area contributed by atoms with E-state index < -0.39 is 9.84 Å². The summed E-state index contributed by atoms with van der Waals surface area (Å²) >= 11 is 1.62. The second kappa shape index (κ2) is 5.40. The number of ether oxygens (including phenoxy) is 1. The Hall–Kier alpha value is -0.230. The molecule has 0 aromatic heterocycles. The van der Waals surface area contributed by atoms with E-state index >= 15 is 0 Å². The Morgan fingerprint density at radius 1 is 1.44 bits per heavy atom. The summed E-state index contributed by atoms with van der Waals surface area (Å²) < 4.78 is 26.5. The average Bonchev–Trinajstić information content (AvgIpc) is 2.92. The lowest BCUT2D eigenvalue weighted by Gasteiger charge is -2.12. The van der Waals surface area contributed by atoms with Gasteiger partial charge in [-0.2, -0.15) is 11.8 Å². The number of esters is 1. The van der Waals surface area contributed by atoms with E-state index in [-0.39, 0.29) is 17.1 Å². The first kappa shape index (κ1) is 13.8. The monoisotopic (exact) mass is 266 g/mol. The predicted octanol–water partition coefficient (Wildman–Crippen LogP) is 1.11. The van der Waals surface area contributed by atoms with Crippen molar-refractivity contribution in [1.82, 2.24) is 0 Å². The zero-order chi connectivity index (χ0) is 12.2. The van der Waals surface area contributed by atoms with Gasteiger partial charge >= 0.3 is 5.97 Å². The molecule has 0 bridgehead atoms. The topological polar surface area (TPSA) is 60.4 Å². The lowest BCUT2D eigenvalue weighted by atomic mass is 10.1. The van der Waals surface area contributed by atoms with E-state index in [2.05, 4.69) is 4.74 Å². The zero-order valence-electron chi connectivity index (χ0n) is 9.69. The number of rotatable bonds is 7. The van der Waals surface area contributed by atoms with Crippen LogP contribution in [0, 0.1) is 5.41 Å². The molecule has 0 radical (unpaired) electrons. The van der Waals surface area contributed by atoms with Gasteiger partial charge in [0.1, 0.15) is 9.84 Å². The second-order valence-electron chi connectivity index (χ2n) is 4.44. The Labute approximate surface area is 101 Å². The Morgan fingerprint density at radius 2 is 2.06 bits per heavy atom. The van der Waals surface area contributed by atoms with Gasteiger partial charge in [0.15, 0.2) is 0 Å². The first-order chi connectivity index (χ1) is 7.37. The quantitative estimate of drug-likeness (QED) is 0.510. The second-order valence-corrected chi connectivity index (χ2v) is 7.80. The zero-order valence-corrected chi connectivity index (χ0v) is 11.3. The van der Waals surface area contributed by atoms with Crippen LogP contribution in [-0.2, 0) is 19.4 Å². The molecule has 0 aliphatic heterocycles. The molecule has 1 fully saturated rings. The number of hydrogen-bond donors (Lipinski definition) is 0. The number of carbonyl (C=O) groups is 1. The van der Waals surface area contributed by atoms with Crippen LogP contribution in [0.1, 0.15) is 19.3 Å². The molecule has 0 heterocycles. The molecule has 1 aliphatic rings. The number of methoxy groups -OCH3 is 1. The molecule has 6 heteroatoms. The molecule has 0 spiro atoms. The summed E-state index contributed by atoms with van der Waals surface area (Å²) in [4.78, 5) is 11.1. The Balaban J connectivity index is 2.20. The fourth-order valence-corrected chi connectivity index (χ4v) is 4.08. The van der Waals surface area contributed by atoms with Gasteiger partial charge < -0.3 is 4.74 Å². The summed E-state index contributed by atoms with van der Waals surface area (Å²) in [5.41, 5.74) is 0.0925. The van der Waals surface area contributed by atoms with Crippen molar-refractivity contribution in [3.05, 3.63) is 0 Å². The summed E-state index contributed by atoms with van der Waals surface area (Å²) in [6.45, 7) is 0. The van der Waals surface area contributed by atoms with Crippen LogP contribution < -0.4 is 0 Å². The molecular formula is C10H18O4S2. The smallest absolute Gasteiger partial charge is 0.306 e. The highest BCUT2D eigenvalue weighted by Crippen LogP contribution is 2.51. The molecule has 0 saturated heterocycles. The molecule has 0 aromatic carbocycles. The third-order valence-corrected chi connectivity index (χ3v) is 5.22. The predicted molar refractivity (Wildman–Crippen MR) is 65.3 cm³/mol. The maximum atomic E-state index is 11.1. The van der Waals surface area contributed by atoms with Crippen LogP contribution in [0.3, 0.4) is 0 Å². The number of thioether (sulfide) groups is 1. The highest BCUT2D eigenvalue weighted by molar-refractivity contribution is 8.00. The molecule has 4 nitrogen and oxygen atoms in total. The molecule has 94 valence electrons. The van der Waals surface area contributed by atoms with Crippen molar-refractivity contribution >= 4 is 27.6 Å². The van der Waals surface area contributed by atoms with Gasteiger partial charge in [0, 0.05) is 12.0 Å². The van der Waals surface area contributed by atoms with Crippen molar-refractivity contribution in [2.24, 2.45) is 5.41 Å².